The highest BCUT2D eigenvalue weighted by atomic mass is 127. The SMILES string of the molecule is Cc1ccc(CN(C(=O)c2ccccc2C)C2CC(=O)N(c3ccc(I)cc3)C2=O)cc1. The Balaban J connectivity index is 1.70. The van der Waals surface area contributed by atoms with Crippen LogP contribution in [-0.2, 0) is 16.1 Å². The van der Waals surface area contributed by atoms with Gasteiger partial charge in [-0.2, -0.15) is 0 Å². The number of amides is 3. The minimum Gasteiger partial charge on any atom is -0.322 e. The van der Waals surface area contributed by atoms with Gasteiger partial charge in [-0.15, -0.1) is 0 Å². The summed E-state index contributed by atoms with van der Waals surface area (Å²) in [5.41, 5.74) is 3.92. The van der Waals surface area contributed by atoms with E-state index in [9.17, 15) is 14.4 Å². The van der Waals surface area contributed by atoms with Crippen molar-refractivity contribution in [3.05, 3.63) is 98.6 Å². The molecule has 0 bridgehead atoms. The lowest BCUT2D eigenvalue weighted by molar-refractivity contribution is -0.122. The van der Waals surface area contributed by atoms with Crippen molar-refractivity contribution in [1.82, 2.24) is 4.90 Å². The summed E-state index contributed by atoms with van der Waals surface area (Å²) in [4.78, 5) is 42.6. The molecular weight excluding hydrogens is 515 g/mol. The molecule has 162 valence electrons. The monoisotopic (exact) mass is 538 g/mol. The summed E-state index contributed by atoms with van der Waals surface area (Å²) >= 11 is 2.18. The summed E-state index contributed by atoms with van der Waals surface area (Å²) in [5.74, 6) is -0.919. The topological polar surface area (TPSA) is 57.7 Å². The summed E-state index contributed by atoms with van der Waals surface area (Å²) in [6, 6.07) is 21.5. The van der Waals surface area contributed by atoms with Gasteiger partial charge in [-0.05, 0) is 77.9 Å². The number of carbonyl (C=O) groups excluding carboxylic acids is 3. The number of carbonyl (C=O) groups is 3. The number of imide groups is 1. The molecule has 3 aromatic carbocycles. The molecule has 1 aliphatic rings. The second-order valence-corrected chi connectivity index (χ2v) is 9.24. The molecule has 0 aromatic heterocycles. The van der Waals surface area contributed by atoms with Gasteiger partial charge in [0.05, 0.1) is 12.1 Å². The lowest BCUT2D eigenvalue weighted by atomic mass is 10.0. The first-order chi connectivity index (χ1) is 15.3. The molecule has 0 spiro atoms. The Morgan fingerprint density at radius 2 is 1.62 bits per heavy atom. The largest absolute Gasteiger partial charge is 0.322 e. The molecule has 0 saturated carbocycles. The van der Waals surface area contributed by atoms with Crippen molar-refractivity contribution >= 4 is 46.0 Å². The van der Waals surface area contributed by atoms with Crippen molar-refractivity contribution in [2.75, 3.05) is 4.90 Å². The average Bonchev–Trinajstić information content (AvgIpc) is 3.07. The van der Waals surface area contributed by atoms with E-state index in [4.69, 9.17) is 0 Å². The number of aryl methyl sites for hydroxylation is 2. The van der Waals surface area contributed by atoms with E-state index in [1.807, 2.05) is 68.4 Å². The average molecular weight is 538 g/mol. The normalized spacial score (nSPS) is 15.8. The number of hydrogen-bond donors (Lipinski definition) is 0. The first-order valence-corrected chi connectivity index (χ1v) is 11.5. The zero-order valence-corrected chi connectivity index (χ0v) is 20.1. The standard InChI is InChI=1S/C26H23IN2O3/c1-17-7-9-19(10-8-17)16-28(25(31)22-6-4-3-5-18(22)2)23-15-24(30)29(26(23)32)21-13-11-20(27)12-14-21/h3-14,23H,15-16H2,1-2H3. The van der Waals surface area contributed by atoms with E-state index in [2.05, 4.69) is 22.6 Å². The van der Waals surface area contributed by atoms with Crippen LogP contribution in [0.5, 0.6) is 0 Å². The predicted molar refractivity (Wildman–Crippen MR) is 132 cm³/mol. The minimum atomic E-state index is -0.852. The van der Waals surface area contributed by atoms with Gasteiger partial charge in [0.25, 0.3) is 11.8 Å². The van der Waals surface area contributed by atoms with Crippen LogP contribution in [0, 0.1) is 17.4 Å². The number of anilines is 1. The molecule has 1 heterocycles. The van der Waals surface area contributed by atoms with E-state index < -0.39 is 6.04 Å². The molecule has 3 aromatic rings. The molecule has 1 unspecified atom stereocenters. The first kappa shape index (κ1) is 22.2. The van der Waals surface area contributed by atoms with Crippen LogP contribution in [0.25, 0.3) is 0 Å². The molecule has 3 amide bonds. The zero-order chi connectivity index (χ0) is 22.8. The summed E-state index contributed by atoms with van der Waals surface area (Å²) in [6.07, 6.45) is -0.0334. The fraction of sp³-hybridized carbons (Fsp3) is 0.192. The van der Waals surface area contributed by atoms with E-state index in [1.54, 1.807) is 23.1 Å². The third-order valence-corrected chi connectivity index (χ3v) is 6.41. The number of halogens is 1. The van der Waals surface area contributed by atoms with Crippen LogP contribution in [0.3, 0.4) is 0 Å². The van der Waals surface area contributed by atoms with Crippen LogP contribution in [0.15, 0.2) is 72.8 Å². The molecule has 1 saturated heterocycles. The van der Waals surface area contributed by atoms with E-state index in [0.29, 0.717) is 11.3 Å². The maximum atomic E-state index is 13.6. The molecule has 5 nitrogen and oxygen atoms in total. The van der Waals surface area contributed by atoms with Gasteiger partial charge in [-0.3, -0.25) is 14.4 Å². The van der Waals surface area contributed by atoms with Crippen LogP contribution in [0.2, 0.25) is 0 Å². The number of nitrogens with zero attached hydrogens (tertiary/aromatic N) is 2. The van der Waals surface area contributed by atoms with E-state index in [0.717, 1.165) is 20.3 Å². The fourth-order valence-corrected chi connectivity index (χ4v) is 4.26. The molecule has 6 heteroatoms. The Morgan fingerprint density at radius 1 is 0.969 bits per heavy atom. The molecule has 0 N–H and O–H groups in total. The van der Waals surface area contributed by atoms with Crippen LogP contribution in [-0.4, -0.2) is 28.7 Å². The molecule has 4 rings (SSSR count). The van der Waals surface area contributed by atoms with E-state index in [1.165, 1.54) is 4.90 Å². The fourth-order valence-electron chi connectivity index (χ4n) is 3.90. The van der Waals surface area contributed by atoms with Crippen LogP contribution < -0.4 is 4.90 Å². The van der Waals surface area contributed by atoms with Gasteiger partial charge in [-0.25, -0.2) is 4.90 Å². The maximum Gasteiger partial charge on any atom is 0.257 e. The third kappa shape index (κ3) is 4.46. The highest BCUT2D eigenvalue weighted by Crippen LogP contribution is 2.28. The van der Waals surface area contributed by atoms with Gasteiger partial charge < -0.3 is 4.90 Å². The van der Waals surface area contributed by atoms with Gasteiger partial charge in [-0.1, -0.05) is 48.0 Å². The van der Waals surface area contributed by atoms with E-state index in [-0.39, 0.29) is 30.7 Å². The number of hydrogen-bond acceptors (Lipinski definition) is 3. The van der Waals surface area contributed by atoms with E-state index >= 15 is 0 Å². The Bertz CT molecular complexity index is 1170. The van der Waals surface area contributed by atoms with Gasteiger partial charge >= 0.3 is 0 Å². The van der Waals surface area contributed by atoms with Gasteiger partial charge in [0, 0.05) is 15.7 Å². The van der Waals surface area contributed by atoms with Gasteiger partial charge in [0.1, 0.15) is 6.04 Å². The van der Waals surface area contributed by atoms with Crippen molar-refractivity contribution in [3.63, 3.8) is 0 Å². The highest BCUT2D eigenvalue weighted by Gasteiger charge is 2.44. The highest BCUT2D eigenvalue weighted by molar-refractivity contribution is 14.1. The van der Waals surface area contributed by atoms with Gasteiger partial charge in [0.2, 0.25) is 5.91 Å². The molecule has 32 heavy (non-hydrogen) atoms. The predicted octanol–water partition coefficient (Wildman–Crippen LogP) is 4.88. The van der Waals surface area contributed by atoms with Crippen molar-refractivity contribution in [2.45, 2.75) is 32.9 Å². The Kier molecular flexibility index (Phi) is 6.41. The smallest absolute Gasteiger partial charge is 0.257 e. The van der Waals surface area contributed by atoms with Crippen molar-refractivity contribution < 1.29 is 14.4 Å². The summed E-state index contributed by atoms with van der Waals surface area (Å²) < 4.78 is 1.01. The molecule has 0 aliphatic carbocycles. The molecule has 1 atom stereocenters. The van der Waals surface area contributed by atoms with Crippen LogP contribution in [0.1, 0.15) is 33.5 Å². The number of rotatable bonds is 5. The quantitative estimate of drug-likeness (QED) is 0.344. The molecular formula is C26H23IN2O3. The lowest BCUT2D eigenvalue weighted by Gasteiger charge is -2.28. The first-order valence-electron chi connectivity index (χ1n) is 10.4. The second kappa shape index (κ2) is 9.24. The summed E-state index contributed by atoms with van der Waals surface area (Å²) in [7, 11) is 0. The van der Waals surface area contributed by atoms with Crippen LogP contribution >= 0.6 is 22.6 Å². The van der Waals surface area contributed by atoms with Crippen molar-refractivity contribution in [2.24, 2.45) is 0 Å². The van der Waals surface area contributed by atoms with Crippen molar-refractivity contribution in [1.29, 1.82) is 0 Å². The molecule has 1 fully saturated rings. The van der Waals surface area contributed by atoms with Crippen LogP contribution in [0.4, 0.5) is 5.69 Å². The Hall–Kier alpha value is -3.00. The lowest BCUT2D eigenvalue weighted by Crippen LogP contribution is -2.45. The maximum absolute atomic E-state index is 13.6. The summed E-state index contributed by atoms with van der Waals surface area (Å²) in [6.45, 7) is 4.12. The third-order valence-electron chi connectivity index (χ3n) is 5.69. The Labute approximate surface area is 201 Å². The van der Waals surface area contributed by atoms with Crippen molar-refractivity contribution in [3.8, 4) is 0 Å². The minimum absolute atomic E-state index is 0.0334. The second-order valence-electron chi connectivity index (χ2n) is 8.00. The summed E-state index contributed by atoms with van der Waals surface area (Å²) in [5, 5.41) is 0. The Morgan fingerprint density at radius 3 is 2.28 bits per heavy atom. The molecule has 0 radical (unpaired) electrons. The number of benzene rings is 3. The zero-order valence-electron chi connectivity index (χ0n) is 17.9. The van der Waals surface area contributed by atoms with Gasteiger partial charge in [0.15, 0.2) is 0 Å². The molecule has 1 aliphatic heterocycles.